The number of anilines is 2. The zero-order valence-electron chi connectivity index (χ0n) is 16.6. The Labute approximate surface area is 175 Å². The minimum atomic E-state index is -1.66. The van der Waals surface area contributed by atoms with Crippen molar-refractivity contribution in [2.24, 2.45) is 0 Å². The highest BCUT2D eigenvalue weighted by Gasteiger charge is 2.20. The van der Waals surface area contributed by atoms with Gasteiger partial charge in [0.25, 0.3) is 5.91 Å². The molecule has 2 aromatic carbocycles. The second kappa shape index (κ2) is 7.73. The fraction of sp³-hybridized carbons (Fsp3) is 0.143. The molecule has 4 rings (SSSR count). The first-order valence-electron chi connectivity index (χ1n) is 9.27. The van der Waals surface area contributed by atoms with Crippen molar-refractivity contribution in [2.75, 3.05) is 11.1 Å². The number of nitrogen functional groups attached to an aromatic ring is 1. The summed E-state index contributed by atoms with van der Waals surface area (Å²) in [6.07, 6.45) is -0.287. The SMILES string of the molecule is Cc1cc(NC(=O)[C@H](O)c2ccc(F)c(F)c2)ccc1-n1nc(C)c2ncnc(N)c21. The number of halogens is 2. The molecular formula is C21H18F2N6O2. The summed E-state index contributed by atoms with van der Waals surface area (Å²) in [5.74, 6) is -2.70. The molecule has 8 nitrogen and oxygen atoms in total. The molecular weight excluding hydrogens is 406 g/mol. The Kier molecular flexibility index (Phi) is 5.07. The predicted octanol–water partition coefficient (Wildman–Crippen LogP) is 2.96. The van der Waals surface area contributed by atoms with Gasteiger partial charge in [-0.05, 0) is 55.3 Å². The summed E-state index contributed by atoms with van der Waals surface area (Å²) in [6, 6.07) is 7.83. The lowest BCUT2D eigenvalue weighted by molar-refractivity contribution is -0.124. The molecule has 0 unspecified atom stereocenters. The lowest BCUT2D eigenvalue weighted by atomic mass is 10.1. The maximum Gasteiger partial charge on any atom is 0.257 e. The van der Waals surface area contributed by atoms with Crippen molar-refractivity contribution in [3.8, 4) is 5.69 Å². The molecule has 0 fully saturated rings. The van der Waals surface area contributed by atoms with Gasteiger partial charge in [0.2, 0.25) is 0 Å². The van der Waals surface area contributed by atoms with Gasteiger partial charge in [0.1, 0.15) is 17.4 Å². The van der Waals surface area contributed by atoms with E-state index in [0.29, 0.717) is 28.1 Å². The number of hydrogen-bond donors (Lipinski definition) is 3. The summed E-state index contributed by atoms with van der Waals surface area (Å²) < 4.78 is 28.1. The van der Waals surface area contributed by atoms with E-state index >= 15 is 0 Å². The number of rotatable bonds is 4. The van der Waals surface area contributed by atoms with E-state index < -0.39 is 23.6 Å². The van der Waals surface area contributed by atoms with Crippen LogP contribution in [-0.4, -0.2) is 30.8 Å². The smallest absolute Gasteiger partial charge is 0.257 e. The number of fused-ring (bicyclic) bond motifs is 1. The molecule has 0 aliphatic rings. The van der Waals surface area contributed by atoms with Gasteiger partial charge >= 0.3 is 0 Å². The van der Waals surface area contributed by atoms with Crippen LogP contribution in [0.2, 0.25) is 0 Å². The van der Waals surface area contributed by atoms with Crippen molar-refractivity contribution in [1.82, 2.24) is 19.7 Å². The number of aliphatic hydroxyl groups is 1. The molecule has 1 amide bonds. The number of nitrogens with two attached hydrogens (primary N) is 1. The quantitative estimate of drug-likeness (QED) is 0.463. The number of benzene rings is 2. The minimum absolute atomic E-state index is 0.0568. The second-order valence-corrected chi connectivity index (χ2v) is 7.02. The minimum Gasteiger partial charge on any atom is -0.382 e. The fourth-order valence-corrected chi connectivity index (χ4v) is 3.30. The van der Waals surface area contributed by atoms with E-state index in [0.717, 1.165) is 23.8 Å². The van der Waals surface area contributed by atoms with Gasteiger partial charge in [-0.25, -0.2) is 23.4 Å². The summed E-state index contributed by atoms with van der Waals surface area (Å²) in [5.41, 5.74) is 9.74. The van der Waals surface area contributed by atoms with E-state index in [1.807, 2.05) is 13.8 Å². The number of hydrogen-bond acceptors (Lipinski definition) is 6. The normalized spacial score (nSPS) is 12.2. The molecule has 0 saturated heterocycles. The van der Waals surface area contributed by atoms with Crippen LogP contribution in [0.3, 0.4) is 0 Å². The summed E-state index contributed by atoms with van der Waals surface area (Å²) >= 11 is 0. The van der Waals surface area contributed by atoms with Crippen molar-refractivity contribution < 1.29 is 18.7 Å². The first-order chi connectivity index (χ1) is 14.8. The second-order valence-electron chi connectivity index (χ2n) is 7.02. The van der Waals surface area contributed by atoms with E-state index in [9.17, 15) is 18.7 Å². The number of nitrogens with zero attached hydrogens (tertiary/aromatic N) is 4. The molecule has 10 heteroatoms. The van der Waals surface area contributed by atoms with Gasteiger partial charge in [-0.2, -0.15) is 5.10 Å². The molecule has 0 bridgehead atoms. The Morgan fingerprint density at radius 1 is 1.13 bits per heavy atom. The van der Waals surface area contributed by atoms with Crippen LogP contribution >= 0.6 is 0 Å². The lowest BCUT2D eigenvalue weighted by Gasteiger charge is -2.14. The van der Waals surface area contributed by atoms with Crippen molar-refractivity contribution in [3.63, 3.8) is 0 Å². The Balaban J connectivity index is 1.61. The van der Waals surface area contributed by atoms with Crippen LogP contribution in [-0.2, 0) is 4.79 Å². The van der Waals surface area contributed by atoms with E-state index in [1.165, 1.54) is 6.33 Å². The molecule has 4 aromatic rings. The van der Waals surface area contributed by atoms with E-state index in [-0.39, 0.29) is 11.4 Å². The van der Waals surface area contributed by atoms with Crippen molar-refractivity contribution in [2.45, 2.75) is 20.0 Å². The monoisotopic (exact) mass is 424 g/mol. The number of carbonyl (C=O) groups excluding carboxylic acids is 1. The maximum absolute atomic E-state index is 13.4. The first kappa shape index (κ1) is 20.4. The Hall–Kier alpha value is -3.92. The Morgan fingerprint density at radius 2 is 1.90 bits per heavy atom. The van der Waals surface area contributed by atoms with Crippen LogP contribution in [0.25, 0.3) is 16.7 Å². The standard InChI is InChI=1S/C21H18F2N6O2/c1-10-7-13(27-21(31)19(30)12-3-5-14(22)15(23)8-12)4-6-16(10)29-18-17(11(2)28-29)25-9-26-20(18)24/h3-9,19,30H,1-2H3,(H,27,31)(H2,24,25,26)/t19-/m1/s1. The molecule has 1 atom stereocenters. The Bertz CT molecular complexity index is 1320. The number of nitrogens with one attached hydrogen (secondary N) is 1. The number of aryl methyl sites for hydroxylation is 2. The molecule has 2 aromatic heterocycles. The highest BCUT2D eigenvalue weighted by Crippen LogP contribution is 2.27. The molecule has 158 valence electrons. The molecule has 4 N–H and O–H groups in total. The lowest BCUT2D eigenvalue weighted by Crippen LogP contribution is -2.21. The molecule has 0 spiro atoms. The highest BCUT2D eigenvalue weighted by molar-refractivity contribution is 5.95. The van der Waals surface area contributed by atoms with Crippen LogP contribution in [0.1, 0.15) is 22.9 Å². The van der Waals surface area contributed by atoms with Crippen LogP contribution in [0.4, 0.5) is 20.3 Å². The van der Waals surface area contributed by atoms with Crippen molar-refractivity contribution >= 4 is 28.4 Å². The first-order valence-corrected chi connectivity index (χ1v) is 9.27. The third-order valence-electron chi connectivity index (χ3n) is 4.86. The third kappa shape index (κ3) is 3.68. The van der Waals surface area contributed by atoms with Gasteiger partial charge in [-0.15, -0.1) is 0 Å². The molecule has 0 radical (unpaired) electrons. The molecule has 31 heavy (non-hydrogen) atoms. The molecule has 0 aliphatic heterocycles. The van der Waals surface area contributed by atoms with Crippen LogP contribution in [0.15, 0.2) is 42.7 Å². The summed E-state index contributed by atoms with van der Waals surface area (Å²) in [5, 5.41) is 17.2. The predicted molar refractivity (Wildman–Crippen MR) is 110 cm³/mol. The van der Waals surface area contributed by atoms with Gasteiger partial charge in [0.15, 0.2) is 23.6 Å². The van der Waals surface area contributed by atoms with Crippen molar-refractivity contribution in [3.05, 3.63) is 71.2 Å². The van der Waals surface area contributed by atoms with Gasteiger partial charge in [-0.1, -0.05) is 6.07 Å². The Morgan fingerprint density at radius 3 is 2.61 bits per heavy atom. The average molecular weight is 424 g/mol. The maximum atomic E-state index is 13.4. The zero-order chi connectivity index (χ0) is 22.3. The van der Waals surface area contributed by atoms with Crippen molar-refractivity contribution in [1.29, 1.82) is 0 Å². The van der Waals surface area contributed by atoms with Crippen LogP contribution in [0.5, 0.6) is 0 Å². The topological polar surface area (TPSA) is 119 Å². The number of amides is 1. The van der Waals surface area contributed by atoms with Crippen LogP contribution < -0.4 is 11.1 Å². The third-order valence-corrected chi connectivity index (χ3v) is 4.86. The number of aromatic nitrogens is 4. The molecule has 0 aliphatic carbocycles. The van der Waals surface area contributed by atoms with E-state index in [1.54, 1.807) is 22.9 Å². The van der Waals surface area contributed by atoms with E-state index in [4.69, 9.17) is 5.73 Å². The summed E-state index contributed by atoms with van der Waals surface area (Å²) in [6.45, 7) is 3.63. The number of carbonyl (C=O) groups is 1. The highest BCUT2D eigenvalue weighted by atomic mass is 19.2. The zero-order valence-corrected chi connectivity index (χ0v) is 16.6. The molecule has 2 heterocycles. The van der Waals surface area contributed by atoms with E-state index in [2.05, 4.69) is 20.4 Å². The fourth-order valence-electron chi connectivity index (χ4n) is 3.30. The van der Waals surface area contributed by atoms with Crippen LogP contribution in [0, 0.1) is 25.5 Å². The average Bonchev–Trinajstić information content (AvgIpc) is 3.07. The summed E-state index contributed by atoms with van der Waals surface area (Å²) in [7, 11) is 0. The van der Waals surface area contributed by atoms with Gasteiger partial charge in [-0.3, -0.25) is 4.79 Å². The largest absolute Gasteiger partial charge is 0.382 e. The molecule has 0 saturated carbocycles. The van der Waals surface area contributed by atoms with Gasteiger partial charge in [0.05, 0.1) is 11.4 Å². The van der Waals surface area contributed by atoms with Gasteiger partial charge < -0.3 is 16.2 Å². The summed E-state index contributed by atoms with van der Waals surface area (Å²) in [4.78, 5) is 20.6. The number of aliphatic hydroxyl groups excluding tert-OH is 1. The van der Waals surface area contributed by atoms with Gasteiger partial charge in [0, 0.05) is 5.69 Å².